The molecule has 0 bridgehead atoms. The molecule has 1 saturated carbocycles. The van der Waals surface area contributed by atoms with E-state index in [4.69, 9.17) is 4.74 Å². The summed E-state index contributed by atoms with van der Waals surface area (Å²) in [5.74, 6) is -2.17. The summed E-state index contributed by atoms with van der Waals surface area (Å²) in [7, 11) is 0. The van der Waals surface area contributed by atoms with Crippen molar-refractivity contribution in [1.82, 2.24) is 5.32 Å². The van der Waals surface area contributed by atoms with Gasteiger partial charge in [-0.15, -0.1) is 0 Å². The number of ether oxygens (including phenoxy) is 1. The highest BCUT2D eigenvalue weighted by molar-refractivity contribution is 5.91. The van der Waals surface area contributed by atoms with Crippen molar-refractivity contribution >= 4 is 11.9 Å². The number of carbonyl (C=O) groups excluding carboxylic acids is 2. The Balaban J connectivity index is 2.04. The molecule has 1 atom stereocenters. The summed E-state index contributed by atoms with van der Waals surface area (Å²) in [5.41, 5.74) is 0.266. The van der Waals surface area contributed by atoms with E-state index in [9.17, 15) is 18.4 Å². The highest BCUT2D eigenvalue weighted by Gasteiger charge is 2.23. The number of amides is 1. The standard InChI is InChI=1S/C22H27F2NO3/c1-2-3-11-28-22(27)20(14-17-12-18(23)15-19(24)13-17)25-21(26)10-9-16-7-5-4-6-8-16/h2-3,9-10,12-13,15-16,20H,4-8,11,14H2,1H3,(H,25,26)/b3-2-,10-9+/t20-/m0/s1. The van der Waals surface area contributed by atoms with Crippen LogP contribution in [0.25, 0.3) is 0 Å². The Kier molecular flexibility index (Phi) is 8.85. The Hall–Kier alpha value is -2.50. The predicted octanol–water partition coefficient (Wildman–Crippen LogP) is 4.25. The first-order valence-corrected chi connectivity index (χ1v) is 9.69. The van der Waals surface area contributed by atoms with E-state index in [-0.39, 0.29) is 18.6 Å². The summed E-state index contributed by atoms with van der Waals surface area (Å²) in [6.45, 7) is 1.86. The van der Waals surface area contributed by atoms with Gasteiger partial charge in [0, 0.05) is 12.5 Å². The summed E-state index contributed by atoms with van der Waals surface area (Å²) < 4.78 is 32.0. The van der Waals surface area contributed by atoms with Gasteiger partial charge in [0.25, 0.3) is 0 Å². The van der Waals surface area contributed by atoms with Crippen LogP contribution in [0.5, 0.6) is 0 Å². The molecule has 1 amide bonds. The minimum absolute atomic E-state index is 0.0631. The second-order valence-electron chi connectivity index (χ2n) is 7.00. The van der Waals surface area contributed by atoms with Gasteiger partial charge in [-0.05, 0) is 49.5 Å². The van der Waals surface area contributed by atoms with Crippen molar-refractivity contribution in [3.63, 3.8) is 0 Å². The van der Waals surface area contributed by atoms with Gasteiger partial charge in [-0.25, -0.2) is 13.6 Å². The molecule has 1 N–H and O–H groups in total. The molecule has 0 radical (unpaired) electrons. The molecule has 0 spiro atoms. The lowest BCUT2D eigenvalue weighted by Crippen LogP contribution is -2.42. The van der Waals surface area contributed by atoms with Crippen molar-refractivity contribution in [1.29, 1.82) is 0 Å². The Morgan fingerprint density at radius 2 is 1.86 bits per heavy atom. The Bertz CT molecular complexity index is 704. The zero-order valence-electron chi connectivity index (χ0n) is 16.1. The highest BCUT2D eigenvalue weighted by atomic mass is 19.1. The average molecular weight is 391 g/mol. The first-order valence-electron chi connectivity index (χ1n) is 9.69. The minimum Gasteiger partial charge on any atom is -0.460 e. The maximum atomic E-state index is 13.5. The molecule has 1 aromatic rings. The van der Waals surface area contributed by atoms with E-state index < -0.39 is 29.6 Å². The van der Waals surface area contributed by atoms with Crippen molar-refractivity contribution in [3.8, 4) is 0 Å². The monoisotopic (exact) mass is 391 g/mol. The molecule has 1 aliphatic rings. The van der Waals surface area contributed by atoms with Crippen LogP contribution in [0, 0.1) is 17.6 Å². The molecule has 2 rings (SSSR count). The van der Waals surface area contributed by atoms with Crippen molar-refractivity contribution in [2.45, 2.75) is 51.5 Å². The van der Waals surface area contributed by atoms with E-state index in [2.05, 4.69) is 5.32 Å². The zero-order valence-corrected chi connectivity index (χ0v) is 16.1. The quantitative estimate of drug-likeness (QED) is 0.410. The van der Waals surface area contributed by atoms with Crippen LogP contribution in [0.1, 0.15) is 44.6 Å². The van der Waals surface area contributed by atoms with Gasteiger partial charge in [0.1, 0.15) is 24.3 Å². The van der Waals surface area contributed by atoms with Gasteiger partial charge in [0.15, 0.2) is 0 Å². The number of hydrogen-bond donors (Lipinski definition) is 1. The van der Waals surface area contributed by atoms with Crippen LogP contribution in [0.4, 0.5) is 8.78 Å². The van der Waals surface area contributed by atoms with Crippen LogP contribution in [-0.4, -0.2) is 24.5 Å². The molecule has 1 aromatic carbocycles. The van der Waals surface area contributed by atoms with Crippen molar-refractivity contribution < 1.29 is 23.1 Å². The maximum Gasteiger partial charge on any atom is 0.329 e. The summed E-state index contributed by atoms with van der Waals surface area (Å²) in [6.07, 6.45) is 12.3. The number of allylic oxidation sites excluding steroid dienone is 2. The molecule has 1 aliphatic carbocycles. The first kappa shape index (κ1) is 21.8. The van der Waals surface area contributed by atoms with E-state index in [1.807, 2.05) is 6.08 Å². The number of rotatable bonds is 8. The van der Waals surface area contributed by atoms with E-state index in [1.54, 1.807) is 19.1 Å². The summed E-state index contributed by atoms with van der Waals surface area (Å²) in [5, 5.41) is 2.60. The van der Waals surface area contributed by atoms with E-state index >= 15 is 0 Å². The van der Waals surface area contributed by atoms with Crippen LogP contribution in [0.3, 0.4) is 0 Å². The van der Waals surface area contributed by atoms with Crippen LogP contribution in [0.15, 0.2) is 42.5 Å². The molecule has 0 aliphatic heterocycles. The molecular formula is C22H27F2NO3. The zero-order chi connectivity index (χ0) is 20.4. The highest BCUT2D eigenvalue weighted by Crippen LogP contribution is 2.24. The number of carbonyl (C=O) groups is 2. The average Bonchev–Trinajstić information content (AvgIpc) is 2.66. The summed E-state index contributed by atoms with van der Waals surface area (Å²) in [6, 6.07) is 2.00. The molecule has 0 aromatic heterocycles. The van der Waals surface area contributed by atoms with Gasteiger partial charge in [0.2, 0.25) is 5.91 Å². The van der Waals surface area contributed by atoms with Crippen molar-refractivity contribution in [2.75, 3.05) is 6.61 Å². The topological polar surface area (TPSA) is 55.4 Å². The molecular weight excluding hydrogens is 364 g/mol. The van der Waals surface area contributed by atoms with E-state index in [0.717, 1.165) is 43.9 Å². The Morgan fingerprint density at radius 3 is 2.50 bits per heavy atom. The van der Waals surface area contributed by atoms with Crippen molar-refractivity contribution in [2.24, 2.45) is 5.92 Å². The predicted molar refractivity (Wildman–Crippen MR) is 103 cm³/mol. The summed E-state index contributed by atoms with van der Waals surface area (Å²) >= 11 is 0. The van der Waals surface area contributed by atoms with Gasteiger partial charge in [0.05, 0.1) is 0 Å². The second-order valence-corrected chi connectivity index (χ2v) is 7.00. The lowest BCUT2D eigenvalue weighted by atomic mass is 9.89. The number of benzene rings is 1. The molecule has 152 valence electrons. The molecule has 6 heteroatoms. The third kappa shape index (κ3) is 7.62. The SMILES string of the molecule is C/C=C\COC(=O)[C@H](Cc1cc(F)cc(F)c1)NC(=O)/C=C/C1CCCCC1. The van der Waals surface area contributed by atoms with Crippen LogP contribution in [-0.2, 0) is 20.7 Å². The summed E-state index contributed by atoms with van der Waals surface area (Å²) in [4.78, 5) is 24.6. The second kappa shape index (κ2) is 11.4. The molecule has 28 heavy (non-hydrogen) atoms. The third-order valence-corrected chi connectivity index (χ3v) is 4.69. The fourth-order valence-corrected chi connectivity index (χ4v) is 3.25. The smallest absolute Gasteiger partial charge is 0.329 e. The molecule has 4 nitrogen and oxygen atoms in total. The fraction of sp³-hybridized carbons (Fsp3) is 0.455. The molecule has 1 fully saturated rings. The number of nitrogens with one attached hydrogen (secondary N) is 1. The number of halogens is 2. The van der Waals surface area contributed by atoms with Gasteiger partial charge >= 0.3 is 5.97 Å². The Morgan fingerprint density at radius 1 is 1.18 bits per heavy atom. The number of esters is 1. The van der Waals surface area contributed by atoms with Gasteiger partial charge in [-0.2, -0.15) is 0 Å². The van der Waals surface area contributed by atoms with Crippen LogP contribution in [0.2, 0.25) is 0 Å². The molecule has 0 unspecified atom stereocenters. The van der Waals surface area contributed by atoms with Crippen molar-refractivity contribution in [3.05, 3.63) is 59.7 Å². The normalized spacial score (nSPS) is 16.4. The van der Waals surface area contributed by atoms with Gasteiger partial charge < -0.3 is 10.1 Å². The maximum absolute atomic E-state index is 13.5. The molecule has 0 saturated heterocycles. The van der Waals surface area contributed by atoms with Gasteiger partial charge in [-0.1, -0.05) is 37.5 Å². The largest absolute Gasteiger partial charge is 0.460 e. The first-order chi connectivity index (χ1) is 13.5. The van der Waals surface area contributed by atoms with Gasteiger partial charge in [-0.3, -0.25) is 4.79 Å². The van der Waals surface area contributed by atoms with Crippen LogP contribution >= 0.6 is 0 Å². The number of hydrogen-bond acceptors (Lipinski definition) is 3. The molecule has 0 heterocycles. The Labute approximate surface area is 164 Å². The van der Waals surface area contributed by atoms with E-state index in [0.29, 0.717) is 5.92 Å². The lowest BCUT2D eigenvalue weighted by Gasteiger charge is -2.19. The van der Waals surface area contributed by atoms with E-state index in [1.165, 1.54) is 12.5 Å². The van der Waals surface area contributed by atoms with Crippen LogP contribution < -0.4 is 5.32 Å². The minimum atomic E-state index is -1.03. The fourth-order valence-electron chi connectivity index (χ4n) is 3.25. The third-order valence-electron chi connectivity index (χ3n) is 4.69. The lowest BCUT2D eigenvalue weighted by molar-refractivity contribution is -0.146.